The molecule has 0 fully saturated rings. The van der Waals surface area contributed by atoms with E-state index in [0.29, 0.717) is 0 Å². The normalized spacial score (nSPS) is 10.5. The number of nitrogens with zero attached hydrogens (tertiary/aromatic N) is 1. The summed E-state index contributed by atoms with van der Waals surface area (Å²) in [6, 6.07) is 2.53. The highest BCUT2D eigenvalue weighted by atomic mass is 28.2. The van der Waals surface area contributed by atoms with E-state index in [1.807, 2.05) is 13.0 Å². The van der Waals surface area contributed by atoms with Gasteiger partial charge in [0.2, 0.25) is 0 Å². The number of hydrogen-bond acceptors (Lipinski definition) is 2. The molecule has 0 aromatic carbocycles. The van der Waals surface area contributed by atoms with Crippen LogP contribution in [0.5, 0.6) is 0 Å². The molecule has 0 aliphatic rings. The van der Waals surface area contributed by atoms with Gasteiger partial charge in [0.15, 0.2) is 8.59 Å². The van der Waals surface area contributed by atoms with Crippen molar-refractivity contribution in [1.82, 2.24) is 0 Å². The summed E-state index contributed by atoms with van der Waals surface area (Å²) >= 11 is 0. The highest BCUT2D eigenvalue weighted by molar-refractivity contribution is 6.46. The fourth-order valence-corrected chi connectivity index (χ4v) is 3.31. The molecular formula is C11H23NOSi. The van der Waals surface area contributed by atoms with Crippen LogP contribution in [-0.2, 0) is 4.84 Å². The van der Waals surface area contributed by atoms with Gasteiger partial charge in [0.05, 0.1) is 0 Å². The molecular weight excluding hydrogens is 190 g/mol. The molecule has 0 aliphatic carbocycles. The standard InChI is InChI=1S/C11H23NOSi/c1-4-7-10-14(11-8-5-2)12-13-9-6-3/h6,9H,4-5,7-8,10-11H2,1-3H3. The van der Waals surface area contributed by atoms with Crippen LogP contribution in [0.2, 0.25) is 12.1 Å². The quantitative estimate of drug-likeness (QED) is 0.334. The molecule has 2 nitrogen and oxygen atoms in total. The van der Waals surface area contributed by atoms with Crippen LogP contribution in [0.25, 0.3) is 0 Å². The molecule has 14 heavy (non-hydrogen) atoms. The summed E-state index contributed by atoms with van der Waals surface area (Å²) in [5.74, 6) is 0. The number of allylic oxidation sites excluding steroid dienone is 1. The van der Waals surface area contributed by atoms with Gasteiger partial charge in [0.1, 0.15) is 6.26 Å². The summed E-state index contributed by atoms with van der Waals surface area (Å²) in [6.45, 7) is 6.40. The molecule has 0 aromatic heterocycles. The van der Waals surface area contributed by atoms with Gasteiger partial charge in [-0.05, 0) is 25.1 Å². The van der Waals surface area contributed by atoms with Crippen molar-refractivity contribution in [1.29, 1.82) is 0 Å². The minimum atomic E-state index is -0.591. The van der Waals surface area contributed by atoms with Gasteiger partial charge >= 0.3 is 0 Å². The fraction of sp³-hybridized carbons (Fsp3) is 0.818. The highest BCUT2D eigenvalue weighted by Crippen LogP contribution is 2.06. The zero-order chi connectivity index (χ0) is 10.6. The predicted molar refractivity (Wildman–Crippen MR) is 63.5 cm³/mol. The lowest BCUT2D eigenvalue weighted by Crippen LogP contribution is -2.00. The third-order valence-electron chi connectivity index (χ3n) is 2.02. The van der Waals surface area contributed by atoms with E-state index in [1.54, 1.807) is 6.26 Å². The van der Waals surface area contributed by atoms with E-state index in [-0.39, 0.29) is 0 Å². The van der Waals surface area contributed by atoms with Crippen LogP contribution < -0.4 is 0 Å². The molecule has 0 bridgehead atoms. The van der Waals surface area contributed by atoms with Crippen LogP contribution in [-0.4, -0.2) is 8.59 Å². The Morgan fingerprint density at radius 1 is 1.14 bits per heavy atom. The van der Waals surface area contributed by atoms with Gasteiger partial charge in [-0.3, -0.25) is 0 Å². The average Bonchev–Trinajstić information content (AvgIpc) is 2.21. The van der Waals surface area contributed by atoms with Crippen LogP contribution in [0.15, 0.2) is 17.1 Å². The van der Waals surface area contributed by atoms with Crippen molar-refractivity contribution < 1.29 is 4.84 Å². The first-order chi connectivity index (χ1) is 6.85. The van der Waals surface area contributed by atoms with Crippen molar-refractivity contribution >= 4 is 8.59 Å². The SMILES string of the molecule is CC=CON=[Si](CCCC)CCCC. The average molecular weight is 213 g/mol. The monoisotopic (exact) mass is 213 g/mol. The Hall–Kier alpha value is -0.443. The van der Waals surface area contributed by atoms with Crippen LogP contribution in [0.4, 0.5) is 0 Å². The zero-order valence-electron chi connectivity index (χ0n) is 9.75. The van der Waals surface area contributed by atoms with Crippen LogP contribution in [0.1, 0.15) is 46.5 Å². The third kappa shape index (κ3) is 8.17. The lowest BCUT2D eigenvalue weighted by molar-refractivity contribution is 0.270. The molecule has 0 saturated heterocycles. The summed E-state index contributed by atoms with van der Waals surface area (Å²) in [5.41, 5.74) is 0. The summed E-state index contributed by atoms with van der Waals surface area (Å²) in [4.78, 5) is 9.43. The van der Waals surface area contributed by atoms with E-state index < -0.39 is 8.59 Å². The van der Waals surface area contributed by atoms with E-state index in [0.717, 1.165) is 0 Å². The maximum absolute atomic E-state index is 5.13. The first-order valence-electron chi connectivity index (χ1n) is 5.67. The Bertz CT molecular complexity index is 168. The summed E-state index contributed by atoms with van der Waals surface area (Å²) < 4.78 is 0. The molecule has 82 valence electrons. The minimum absolute atomic E-state index is 0.591. The lowest BCUT2D eigenvalue weighted by atomic mass is 10.4. The largest absolute Gasteiger partial charge is 0.376 e. The molecule has 0 heterocycles. The topological polar surface area (TPSA) is 21.6 Å². The van der Waals surface area contributed by atoms with E-state index in [2.05, 4.69) is 18.6 Å². The molecule has 0 N–H and O–H groups in total. The van der Waals surface area contributed by atoms with Gasteiger partial charge in [0, 0.05) is 0 Å². The fourth-order valence-electron chi connectivity index (χ4n) is 1.14. The highest BCUT2D eigenvalue weighted by Gasteiger charge is 2.01. The Kier molecular flexibility index (Phi) is 10.3. The van der Waals surface area contributed by atoms with Gasteiger partial charge < -0.3 is 4.84 Å². The molecule has 0 atom stereocenters. The molecule has 0 aromatic rings. The van der Waals surface area contributed by atoms with Gasteiger partial charge in [-0.1, -0.05) is 39.5 Å². The second-order valence-corrected chi connectivity index (χ2v) is 5.75. The summed E-state index contributed by atoms with van der Waals surface area (Å²) in [6.07, 6.45) is 8.66. The van der Waals surface area contributed by atoms with Crippen molar-refractivity contribution in [2.75, 3.05) is 0 Å². The smallest absolute Gasteiger partial charge is 0.181 e. The van der Waals surface area contributed by atoms with Crippen LogP contribution in [0, 0.1) is 0 Å². The molecule has 0 saturated carbocycles. The molecule has 0 unspecified atom stereocenters. The first kappa shape index (κ1) is 13.6. The van der Waals surface area contributed by atoms with E-state index in [4.69, 9.17) is 4.84 Å². The Balaban J connectivity index is 3.87. The van der Waals surface area contributed by atoms with Crippen LogP contribution >= 0.6 is 0 Å². The Morgan fingerprint density at radius 2 is 1.71 bits per heavy atom. The van der Waals surface area contributed by atoms with E-state index in [9.17, 15) is 0 Å². The van der Waals surface area contributed by atoms with Gasteiger partial charge in [-0.25, -0.2) is 0 Å². The zero-order valence-corrected chi connectivity index (χ0v) is 10.8. The van der Waals surface area contributed by atoms with Crippen molar-refractivity contribution in [3.05, 3.63) is 12.3 Å². The third-order valence-corrected chi connectivity index (χ3v) is 4.24. The Labute approximate surface area is 89.7 Å². The molecule has 0 rings (SSSR count). The van der Waals surface area contributed by atoms with E-state index in [1.165, 1.54) is 37.8 Å². The predicted octanol–water partition coefficient (Wildman–Crippen LogP) is 4.31. The van der Waals surface area contributed by atoms with Crippen LogP contribution in [0.3, 0.4) is 0 Å². The van der Waals surface area contributed by atoms with E-state index >= 15 is 0 Å². The number of unbranched alkanes of at least 4 members (excludes halogenated alkanes) is 2. The summed E-state index contributed by atoms with van der Waals surface area (Å²) in [7, 11) is -0.591. The lowest BCUT2D eigenvalue weighted by Gasteiger charge is -2.01. The molecule has 3 heteroatoms. The number of rotatable bonds is 8. The molecule has 0 amide bonds. The van der Waals surface area contributed by atoms with Gasteiger partial charge in [-0.2, -0.15) is 0 Å². The van der Waals surface area contributed by atoms with Gasteiger partial charge in [-0.15, -0.1) is 4.80 Å². The first-order valence-corrected chi connectivity index (χ1v) is 7.54. The maximum Gasteiger partial charge on any atom is 0.181 e. The van der Waals surface area contributed by atoms with Gasteiger partial charge in [0.25, 0.3) is 0 Å². The maximum atomic E-state index is 5.13. The number of hydrogen-bond donors (Lipinski definition) is 0. The molecule has 0 radical (unpaired) electrons. The minimum Gasteiger partial charge on any atom is -0.376 e. The summed E-state index contributed by atoms with van der Waals surface area (Å²) in [5, 5.41) is 0. The molecule has 0 spiro atoms. The van der Waals surface area contributed by atoms with Crippen molar-refractivity contribution in [3.8, 4) is 0 Å². The van der Waals surface area contributed by atoms with Crippen molar-refractivity contribution in [2.45, 2.75) is 58.5 Å². The van der Waals surface area contributed by atoms with Crippen molar-refractivity contribution in [2.24, 2.45) is 4.80 Å². The Morgan fingerprint density at radius 3 is 2.14 bits per heavy atom. The van der Waals surface area contributed by atoms with Crippen molar-refractivity contribution in [3.63, 3.8) is 0 Å². The molecule has 0 aliphatic heterocycles. The second kappa shape index (κ2) is 10.6. The second-order valence-electron chi connectivity index (χ2n) is 3.44.